The molecule has 0 atom stereocenters. The first-order valence-corrected chi connectivity index (χ1v) is 7.81. The molecule has 0 unspecified atom stereocenters. The first-order chi connectivity index (χ1) is 11.8. The van der Waals surface area contributed by atoms with Crippen LogP contribution in [0.5, 0.6) is 5.75 Å². The van der Waals surface area contributed by atoms with Crippen LogP contribution in [-0.4, -0.2) is 23.1 Å². The van der Waals surface area contributed by atoms with Gasteiger partial charge in [-0.1, -0.05) is 17.7 Å². The highest BCUT2D eigenvalue weighted by Gasteiger charge is 2.16. The van der Waals surface area contributed by atoms with Crippen LogP contribution < -0.4 is 15.4 Å². The molecule has 2 rings (SSSR count). The van der Waals surface area contributed by atoms with Crippen molar-refractivity contribution in [1.82, 2.24) is 5.32 Å². The number of rotatable bonds is 4. The van der Waals surface area contributed by atoms with Crippen LogP contribution in [0, 0.1) is 17.0 Å². The number of ether oxygens (including phenoxy) is 1. The predicted molar refractivity (Wildman–Crippen MR) is 99.5 cm³/mol. The smallest absolute Gasteiger partial charge is 0.312 e. The molecule has 0 spiro atoms. The molecule has 0 aliphatic carbocycles. The number of nitrogens with one attached hydrogen (secondary N) is 2. The maximum absolute atomic E-state index is 12.2. The molecule has 0 aliphatic heterocycles. The summed E-state index contributed by atoms with van der Waals surface area (Å²) in [6.07, 6.45) is 0. The Bertz CT molecular complexity index is 857. The van der Waals surface area contributed by atoms with Crippen molar-refractivity contribution < 1.29 is 14.5 Å². The number of aryl methyl sites for hydroxylation is 1. The minimum Gasteiger partial charge on any atom is -0.490 e. The number of carbonyl (C=O) groups excluding carboxylic acids is 1. The lowest BCUT2D eigenvalue weighted by molar-refractivity contribution is -0.385. The van der Waals surface area contributed by atoms with Gasteiger partial charge in [-0.3, -0.25) is 20.2 Å². The number of hydrogen-bond donors (Lipinski definition) is 2. The maximum Gasteiger partial charge on any atom is 0.312 e. The summed E-state index contributed by atoms with van der Waals surface area (Å²) in [6.45, 7) is 1.83. The van der Waals surface area contributed by atoms with Crippen LogP contribution in [0.1, 0.15) is 15.9 Å². The van der Waals surface area contributed by atoms with Gasteiger partial charge in [-0.15, -0.1) is 0 Å². The number of methoxy groups -OCH3 is 1. The van der Waals surface area contributed by atoms with E-state index in [-0.39, 0.29) is 16.5 Å². The van der Waals surface area contributed by atoms with Crippen LogP contribution in [0.15, 0.2) is 36.4 Å². The Morgan fingerprint density at radius 3 is 2.60 bits per heavy atom. The summed E-state index contributed by atoms with van der Waals surface area (Å²) in [5.41, 5.74) is 1.33. The van der Waals surface area contributed by atoms with Crippen LogP contribution in [0.4, 0.5) is 11.4 Å². The molecule has 25 heavy (non-hydrogen) atoms. The average molecular weight is 380 g/mol. The first kappa shape index (κ1) is 18.6. The fourth-order valence-electron chi connectivity index (χ4n) is 1.98. The summed E-state index contributed by atoms with van der Waals surface area (Å²) in [4.78, 5) is 22.6. The normalized spacial score (nSPS) is 10.0. The largest absolute Gasteiger partial charge is 0.490 e. The van der Waals surface area contributed by atoms with Crippen LogP contribution >= 0.6 is 23.8 Å². The van der Waals surface area contributed by atoms with Crippen molar-refractivity contribution >= 4 is 46.2 Å². The van der Waals surface area contributed by atoms with Crippen LogP contribution in [0.3, 0.4) is 0 Å². The molecule has 7 nitrogen and oxygen atoms in total. The van der Waals surface area contributed by atoms with Crippen LogP contribution in [-0.2, 0) is 0 Å². The van der Waals surface area contributed by atoms with E-state index in [9.17, 15) is 14.9 Å². The van der Waals surface area contributed by atoms with Crippen molar-refractivity contribution in [2.24, 2.45) is 0 Å². The van der Waals surface area contributed by atoms with Crippen molar-refractivity contribution in [3.05, 3.63) is 62.7 Å². The van der Waals surface area contributed by atoms with Crippen molar-refractivity contribution in [2.75, 3.05) is 12.4 Å². The topological polar surface area (TPSA) is 93.5 Å². The molecule has 0 saturated carbocycles. The Hall–Kier alpha value is -2.71. The van der Waals surface area contributed by atoms with Crippen molar-refractivity contribution in [1.29, 1.82) is 0 Å². The second-order valence-electron chi connectivity index (χ2n) is 5.02. The van der Waals surface area contributed by atoms with E-state index in [1.54, 1.807) is 18.2 Å². The van der Waals surface area contributed by atoms with E-state index < -0.39 is 10.8 Å². The van der Waals surface area contributed by atoms with Gasteiger partial charge < -0.3 is 10.1 Å². The van der Waals surface area contributed by atoms with Crippen LogP contribution in [0.2, 0.25) is 5.02 Å². The predicted octanol–water partition coefficient (Wildman–Crippen LogP) is 3.69. The summed E-state index contributed by atoms with van der Waals surface area (Å²) < 4.78 is 4.93. The Kier molecular flexibility index (Phi) is 5.89. The van der Waals surface area contributed by atoms with Crippen molar-refractivity contribution in [3.63, 3.8) is 0 Å². The number of nitro benzene ring substituents is 1. The van der Waals surface area contributed by atoms with Gasteiger partial charge in [-0.05, 0) is 49.0 Å². The van der Waals surface area contributed by atoms with E-state index in [0.29, 0.717) is 16.3 Å². The van der Waals surface area contributed by atoms with E-state index in [0.717, 1.165) is 5.56 Å². The van der Waals surface area contributed by atoms with E-state index in [1.165, 1.54) is 25.3 Å². The minimum atomic E-state index is -0.570. The standard InChI is InChI=1S/C16H14ClN3O4S/c1-9-3-4-10(7-12(9)17)15(21)19-16(25)18-11-5-6-14(24-2)13(8-11)20(22)23/h3-8H,1-2H3,(H2,18,19,21,25). The fraction of sp³-hybridized carbons (Fsp3) is 0.125. The van der Waals surface area contributed by atoms with Gasteiger partial charge in [0.2, 0.25) is 0 Å². The average Bonchev–Trinajstić information content (AvgIpc) is 2.57. The number of hydrogen-bond acceptors (Lipinski definition) is 5. The van der Waals surface area contributed by atoms with Crippen molar-refractivity contribution in [3.8, 4) is 5.75 Å². The lowest BCUT2D eigenvalue weighted by Gasteiger charge is -2.11. The number of amides is 1. The van der Waals surface area contributed by atoms with E-state index in [4.69, 9.17) is 28.6 Å². The van der Waals surface area contributed by atoms with Gasteiger partial charge in [0.25, 0.3) is 5.91 Å². The van der Waals surface area contributed by atoms with Gasteiger partial charge in [-0.2, -0.15) is 0 Å². The van der Waals surface area contributed by atoms with Gasteiger partial charge in [-0.25, -0.2) is 0 Å². The molecule has 1 amide bonds. The number of anilines is 1. The maximum atomic E-state index is 12.2. The third-order valence-electron chi connectivity index (χ3n) is 3.29. The number of thiocarbonyl (C=S) groups is 1. The first-order valence-electron chi connectivity index (χ1n) is 7.02. The zero-order chi connectivity index (χ0) is 18.6. The van der Waals surface area contributed by atoms with Crippen molar-refractivity contribution in [2.45, 2.75) is 6.92 Å². The van der Waals surface area contributed by atoms with Gasteiger partial charge in [0.05, 0.1) is 12.0 Å². The molecule has 0 heterocycles. The third kappa shape index (κ3) is 4.65. The Morgan fingerprint density at radius 1 is 1.28 bits per heavy atom. The number of halogens is 1. The highest BCUT2D eigenvalue weighted by Crippen LogP contribution is 2.29. The van der Waals surface area contributed by atoms with Gasteiger partial charge in [0, 0.05) is 22.3 Å². The summed E-state index contributed by atoms with van der Waals surface area (Å²) >= 11 is 11.1. The summed E-state index contributed by atoms with van der Waals surface area (Å²) in [5.74, 6) is -0.317. The molecule has 130 valence electrons. The molecule has 0 bridgehead atoms. The molecule has 2 aromatic rings. The lowest BCUT2D eigenvalue weighted by Crippen LogP contribution is -2.34. The van der Waals surface area contributed by atoms with Gasteiger partial charge >= 0.3 is 5.69 Å². The van der Waals surface area contributed by atoms with E-state index in [1.807, 2.05) is 6.92 Å². The molecule has 9 heteroatoms. The number of carbonyl (C=O) groups is 1. The Balaban J connectivity index is 2.09. The summed E-state index contributed by atoms with van der Waals surface area (Å²) in [6, 6.07) is 9.13. The monoisotopic (exact) mass is 379 g/mol. The quantitative estimate of drug-likeness (QED) is 0.478. The SMILES string of the molecule is COc1ccc(NC(=S)NC(=O)c2ccc(C)c(Cl)c2)cc1[N+](=O)[O-]. The fourth-order valence-corrected chi connectivity index (χ4v) is 2.37. The zero-order valence-electron chi connectivity index (χ0n) is 13.3. The molecule has 0 aliphatic rings. The molecular weight excluding hydrogens is 366 g/mol. The van der Waals surface area contributed by atoms with Gasteiger partial charge in [0.1, 0.15) is 0 Å². The molecule has 0 fully saturated rings. The third-order valence-corrected chi connectivity index (χ3v) is 3.91. The molecule has 2 N–H and O–H groups in total. The second-order valence-corrected chi connectivity index (χ2v) is 5.83. The highest BCUT2D eigenvalue weighted by atomic mass is 35.5. The van der Waals surface area contributed by atoms with E-state index >= 15 is 0 Å². The zero-order valence-corrected chi connectivity index (χ0v) is 14.9. The minimum absolute atomic E-state index is 0.00108. The number of benzene rings is 2. The molecule has 2 aromatic carbocycles. The summed E-state index contributed by atoms with van der Waals surface area (Å²) in [5, 5.41) is 16.7. The molecule has 0 aromatic heterocycles. The molecule has 0 radical (unpaired) electrons. The molecule has 0 saturated heterocycles. The van der Waals surface area contributed by atoms with Crippen LogP contribution in [0.25, 0.3) is 0 Å². The lowest BCUT2D eigenvalue weighted by atomic mass is 10.1. The van der Waals surface area contributed by atoms with E-state index in [2.05, 4.69) is 10.6 Å². The number of nitrogens with zero attached hydrogens (tertiary/aromatic N) is 1. The Morgan fingerprint density at radius 2 is 2.00 bits per heavy atom. The number of nitro groups is 1. The molecular formula is C16H14ClN3O4S. The Labute approximate surface area is 154 Å². The van der Waals surface area contributed by atoms with Gasteiger partial charge in [0.15, 0.2) is 10.9 Å². The highest BCUT2D eigenvalue weighted by molar-refractivity contribution is 7.80. The summed E-state index contributed by atoms with van der Waals surface area (Å²) in [7, 11) is 1.34. The second kappa shape index (κ2) is 7.91.